The largest absolute Gasteiger partial charge is 0.459 e. The molecule has 7 heteroatoms. The Labute approximate surface area is 183 Å². The van der Waals surface area contributed by atoms with E-state index in [-0.39, 0.29) is 11.5 Å². The second kappa shape index (κ2) is 7.66. The Bertz CT molecular complexity index is 1140. The van der Waals surface area contributed by atoms with E-state index in [2.05, 4.69) is 11.1 Å². The number of fused-ring (bicyclic) bond motifs is 6. The van der Waals surface area contributed by atoms with Crippen LogP contribution in [0.15, 0.2) is 54.6 Å². The van der Waals surface area contributed by atoms with Gasteiger partial charge in [0.25, 0.3) is 5.60 Å². The lowest BCUT2D eigenvalue weighted by atomic mass is 9.70. The number of aromatic nitrogens is 1. The molecule has 1 saturated carbocycles. The number of carbonyl (C=O) groups is 1. The van der Waals surface area contributed by atoms with Crippen LogP contribution in [0.3, 0.4) is 0 Å². The van der Waals surface area contributed by atoms with Crippen LogP contribution >= 0.6 is 0 Å². The van der Waals surface area contributed by atoms with Gasteiger partial charge in [-0.2, -0.15) is 13.2 Å². The van der Waals surface area contributed by atoms with Crippen LogP contribution in [0, 0.1) is 5.92 Å². The van der Waals surface area contributed by atoms with Gasteiger partial charge >= 0.3 is 12.1 Å². The number of esters is 1. The third-order valence-electron chi connectivity index (χ3n) is 7.07. The summed E-state index contributed by atoms with van der Waals surface area (Å²) in [6, 6.07) is 15.0. The summed E-state index contributed by atoms with van der Waals surface area (Å²) in [4.78, 5) is 16.6. The monoisotopic (exact) mass is 443 g/mol. The van der Waals surface area contributed by atoms with E-state index in [1.54, 1.807) is 6.07 Å². The van der Waals surface area contributed by atoms with Crippen molar-refractivity contribution in [3.8, 4) is 0 Å². The summed E-state index contributed by atoms with van der Waals surface area (Å²) in [5.41, 5.74) is 0.0537. The van der Waals surface area contributed by atoms with Gasteiger partial charge < -0.3 is 14.5 Å². The third-order valence-corrected chi connectivity index (χ3v) is 7.07. The van der Waals surface area contributed by atoms with E-state index in [4.69, 9.17) is 9.47 Å². The Morgan fingerprint density at radius 1 is 1.03 bits per heavy atom. The first-order valence-corrected chi connectivity index (χ1v) is 10.8. The molecule has 2 bridgehead atoms. The number of H-pyrrole nitrogens is 1. The highest BCUT2D eigenvalue weighted by molar-refractivity contribution is 5.85. The number of hydrogen-bond acceptors (Lipinski definition) is 3. The van der Waals surface area contributed by atoms with Gasteiger partial charge in [-0.3, -0.25) is 0 Å². The number of nitrogens with one attached hydrogen (secondary N) is 1. The SMILES string of the molecule is COC(C(=O)O[C@@H]1CC[C@@H]2C[C@H]1Cc1c2[nH]c2ccccc12)(c1ccccc1)C(F)(F)F. The number of alkyl halides is 3. The molecule has 1 N–H and O–H groups in total. The molecular weight excluding hydrogens is 419 g/mol. The van der Waals surface area contributed by atoms with Crippen LogP contribution in [0.25, 0.3) is 10.9 Å². The second-order valence-electron chi connectivity index (χ2n) is 8.73. The molecule has 4 atom stereocenters. The molecule has 0 aliphatic heterocycles. The van der Waals surface area contributed by atoms with E-state index in [1.807, 2.05) is 18.2 Å². The van der Waals surface area contributed by atoms with Gasteiger partial charge in [0.1, 0.15) is 6.10 Å². The maximum Gasteiger partial charge on any atom is 0.432 e. The maximum absolute atomic E-state index is 14.2. The van der Waals surface area contributed by atoms with E-state index >= 15 is 0 Å². The lowest BCUT2D eigenvalue weighted by molar-refractivity contribution is -0.279. The first-order valence-electron chi connectivity index (χ1n) is 10.8. The Morgan fingerprint density at radius 3 is 2.47 bits per heavy atom. The number of carbonyl (C=O) groups excluding carboxylic acids is 1. The summed E-state index contributed by atoms with van der Waals surface area (Å²) >= 11 is 0. The van der Waals surface area contributed by atoms with Crippen LogP contribution < -0.4 is 0 Å². The molecule has 5 rings (SSSR count). The standard InChI is InChI=1S/C25H24F3NO3/c1-31-24(25(26,27)28,17-7-3-2-4-8-17)23(30)32-21-12-11-15-13-16(21)14-19-18-9-5-6-10-20(18)29-22(15)19/h2-10,15-16,21,29H,11-14H2,1H3/t15-,16+,21-,24?/m1/s1. The molecule has 2 aliphatic carbocycles. The van der Waals surface area contributed by atoms with Crippen molar-refractivity contribution in [3.05, 3.63) is 71.4 Å². The number of hydrogen-bond donors (Lipinski definition) is 1. The first-order chi connectivity index (χ1) is 15.3. The molecule has 0 spiro atoms. The Hall–Kier alpha value is -2.80. The fourth-order valence-corrected chi connectivity index (χ4v) is 5.53. The van der Waals surface area contributed by atoms with Gasteiger partial charge in [-0.25, -0.2) is 4.79 Å². The summed E-state index contributed by atoms with van der Waals surface area (Å²) in [6.45, 7) is 0. The van der Waals surface area contributed by atoms with Crippen LogP contribution in [-0.4, -0.2) is 30.3 Å². The Balaban J connectivity index is 1.45. The van der Waals surface area contributed by atoms with E-state index in [1.165, 1.54) is 35.5 Å². The minimum Gasteiger partial charge on any atom is -0.459 e. The van der Waals surface area contributed by atoms with Gasteiger partial charge in [-0.1, -0.05) is 48.5 Å². The van der Waals surface area contributed by atoms with E-state index in [0.717, 1.165) is 30.9 Å². The molecule has 1 unspecified atom stereocenters. The molecule has 168 valence electrons. The molecule has 4 nitrogen and oxygen atoms in total. The van der Waals surface area contributed by atoms with E-state index in [0.29, 0.717) is 18.8 Å². The zero-order valence-corrected chi connectivity index (χ0v) is 17.6. The summed E-state index contributed by atoms with van der Waals surface area (Å²) < 4.78 is 53.2. The summed E-state index contributed by atoms with van der Waals surface area (Å²) in [5, 5.41) is 1.13. The fraction of sp³-hybridized carbons (Fsp3) is 0.400. The normalized spacial score (nSPS) is 24.6. The predicted molar refractivity (Wildman–Crippen MR) is 113 cm³/mol. The minimum absolute atomic E-state index is 0.0250. The molecule has 32 heavy (non-hydrogen) atoms. The molecule has 1 heterocycles. The van der Waals surface area contributed by atoms with E-state index < -0.39 is 23.9 Å². The molecule has 1 fully saturated rings. The average Bonchev–Trinajstić information content (AvgIpc) is 3.15. The highest BCUT2D eigenvalue weighted by atomic mass is 19.4. The summed E-state index contributed by atoms with van der Waals surface area (Å²) in [5.74, 6) is -1.12. The van der Waals surface area contributed by atoms with Crippen LogP contribution in [-0.2, 0) is 26.3 Å². The minimum atomic E-state index is -4.96. The number of ether oxygens (including phenoxy) is 2. The quantitative estimate of drug-likeness (QED) is 0.532. The molecule has 0 amide bonds. The summed E-state index contributed by atoms with van der Waals surface area (Å²) in [7, 11) is 0.900. The molecular formula is C25H24F3NO3. The lowest BCUT2D eigenvalue weighted by Crippen LogP contribution is -2.53. The molecule has 2 aromatic carbocycles. The number of methoxy groups -OCH3 is 1. The summed E-state index contributed by atoms with van der Waals surface area (Å²) in [6.07, 6.45) is -2.80. The zero-order chi connectivity index (χ0) is 22.5. The van der Waals surface area contributed by atoms with Crippen LogP contribution in [0.2, 0.25) is 0 Å². The predicted octanol–water partition coefficient (Wildman–Crippen LogP) is 5.62. The Morgan fingerprint density at radius 2 is 1.75 bits per heavy atom. The smallest absolute Gasteiger partial charge is 0.432 e. The van der Waals surface area contributed by atoms with Crippen molar-refractivity contribution in [1.82, 2.24) is 4.98 Å². The lowest BCUT2D eigenvalue weighted by Gasteiger charge is -2.41. The van der Waals surface area contributed by atoms with Crippen molar-refractivity contribution in [2.75, 3.05) is 7.11 Å². The van der Waals surface area contributed by atoms with Crippen molar-refractivity contribution < 1.29 is 27.4 Å². The third kappa shape index (κ3) is 3.13. The van der Waals surface area contributed by atoms with Crippen LogP contribution in [0.5, 0.6) is 0 Å². The fourth-order valence-electron chi connectivity index (χ4n) is 5.53. The van der Waals surface area contributed by atoms with Gasteiger partial charge in [0, 0.05) is 35.2 Å². The Kier molecular flexibility index (Phi) is 5.04. The van der Waals surface area contributed by atoms with Crippen molar-refractivity contribution in [2.45, 2.75) is 49.5 Å². The van der Waals surface area contributed by atoms with Crippen molar-refractivity contribution >= 4 is 16.9 Å². The van der Waals surface area contributed by atoms with Gasteiger partial charge in [0.05, 0.1) is 0 Å². The molecule has 1 aromatic heterocycles. The zero-order valence-electron chi connectivity index (χ0n) is 17.6. The van der Waals surface area contributed by atoms with Crippen molar-refractivity contribution in [1.29, 1.82) is 0 Å². The van der Waals surface area contributed by atoms with E-state index in [9.17, 15) is 18.0 Å². The van der Waals surface area contributed by atoms with Crippen molar-refractivity contribution in [2.24, 2.45) is 5.92 Å². The average molecular weight is 443 g/mol. The number of halogens is 3. The molecule has 3 aromatic rings. The van der Waals surface area contributed by atoms with Crippen molar-refractivity contribution in [3.63, 3.8) is 0 Å². The molecule has 2 aliphatic rings. The number of aromatic amines is 1. The van der Waals surface area contributed by atoms with Gasteiger partial charge in [0.2, 0.25) is 0 Å². The topological polar surface area (TPSA) is 51.3 Å². The maximum atomic E-state index is 14.2. The molecule has 0 saturated heterocycles. The van der Waals surface area contributed by atoms with Crippen LogP contribution in [0.1, 0.15) is 42.0 Å². The highest BCUT2D eigenvalue weighted by Crippen LogP contribution is 2.48. The number of benzene rings is 2. The van der Waals surface area contributed by atoms with Crippen LogP contribution in [0.4, 0.5) is 13.2 Å². The highest BCUT2D eigenvalue weighted by Gasteiger charge is 2.64. The first kappa shape index (κ1) is 21.1. The molecule has 0 radical (unpaired) electrons. The van der Waals surface area contributed by atoms with Gasteiger partial charge in [-0.15, -0.1) is 0 Å². The number of rotatable bonds is 4. The van der Waals surface area contributed by atoms with Gasteiger partial charge in [-0.05, 0) is 43.2 Å². The van der Waals surface area contributed by atoms with Gasteiger partial charge in [0.15, 0.2) is 0 Å². The number of para-hydroxylation sites is 1. The second-order valence-corrected chi connectivity index (χ2v) is 8.73.